The highest BCUT2D eigenvalue weighted by molar-refractivity contribution is 5.38. The number of hydrogen-bond acceptors (Lipinski definition) is 5. The Balaban J connectivity index is 1.61. The molecule has 3 rings (SSSR count). The molecule has 2 fully saturated rings. The van der Waals surface area contributed by atoms with Gasteiger partial charge in [-0.2, -0.15) is 0 Å². The van der Waals surface area contributed by atoms with E-state index in [9.17, 15) is 0 Å². The van der Waals surface area contributed by atoms with E-state index in [-0.39, 0.29) is 5.41 Å². The molecular weight excluding hydrogens is 324 g/mol. The third-order valence-electron chi connectivity index (χ3n) is 5.70. The molecule has 0 bridgehead atoms. The van der Waals surface area contributed by atoms with Gasteiger partial charge in [0.2, 0.25) is 0 Å². The zero-order valence-electron chi connectivity index (χ0n) is 17.1. The second kappa shape index (κ2) is 8.66. The molecule has 2 heterocycles. The zero-order valence-corrected chi connectivity index (χ0v) is 17.1. The highest BCUT2D eigenvalue weighted by atomic mass is 16.5. The maximum Gasteiger partial charge on any atom is 0.136 e. The van der Waals surface area contributed by atoms with Crippen molar-refractivity contribution < 1.29 is 4.74 Å². The SMILES string of the molecule is COCc1cc(NC2CCC(N3CCCCC3)CC2)nc(C(C)(C)C)n1. The van der Waals surface area contributed by atoms with Crippen LogP contribution in [0, 0.1) is 0 Å². The van der Waals surface area contributed by atoms with E-state index in [0.717, 1.165) is 23.4 Å². The second-order valence-electron chi connectivity index (χ2n) is 9.00. The van der Waals surface area contributed by atoms with Crippen molar-refractivity contribution >= 4 is 5.82 Å². The first kappa shape index (κ1) is 19.6. The summed E-state index contributed by atoms with van der Waals surface area (Å²) in [7, 11) is 1.72. The van der Waals surface area contributed by atoms with E-state index < -0.39 is 0 Å². The predicted octanol–water partition coefficient (Wildman–Crippen LogP) is 4.13. The molecule has 0 radical (unpaired) electrons. The molecule has 26 heavy (non-hydrogen) atoms. The number of nitrogens with one attached hydrogen (secondary N) is 1. The first-order valence-electron chi connectivity index (χ1n) is 10.3. The van der Waals surface area contributed by atoms with Gasteiger partial charge in [0.05, 0.1) is 12.3 Å². The van der Waals surface area contributed by atoms with Crippen LogP contribution >= 0.6 is 0 Å². The van der Waals surface area contributed by atoms with Crippen LogP contribution in [-0.2, 0) is 16.8 Å². The van der Waals surface area contributed by atoms with Crippen LogP contribution in [0.15, 0.2) is 6.07 Å². The summed E-state index contributed by atoms with van der Waals surface area (Å²) in [5, 5.41) is 3.69. The van der Waals surface area contributed by atoms with Gasteiger partial charge in [-0.1, -0.05) is 27.2 Å². The Morgan fingerprint density at radius 3 is 2.38 bits per heavy atom. The van der Waals surface area contributed by atoms with Crippen LogP contribution in [0.5, 0.6) is 0 Å². The van der Waals surface area contributed by atoms with Gasteiger partial charge in [-0.05, 0) is 51.6 Å². The van der Waals surface area contributed by atoms with E-state index in [1.165, 1.54) is 58.0 Å². The van der Waals surface area contributed by atoms with Crippen molar-refractivity contribution in [2.75, 3.05) is 25.5 Å². The van der Waals surface area contributed by atoms with E-state index in [4.69, 9.17) is 9.72 Å². The van der Waals surface area contributed by atoms with E-state index in [1.807, 2.05) is 0 Å². The minimum Gasteiger partial charge on any atom is -0.378 e. The van der Waals surface area contributed by atoms with Gasteiger partial charge in [0.1, 0.15) is 11.6 Å². The quantitative estimate of drug-likeness (QED) is 0.855. The van der Waals surface area contributed by atoms with E-state index >= 15 is 0 Å². The van der Waals surface area contributed by atoms with Crippen molar-refractivity contribution in [3.05, 3.63) is 17.6 Å². The van der Waals surface area contributed by atoms with Crippen molar-refractivity contribution in [2.45, 2.75) is 89.8 Å². The highest BCUT2D eigenvalue weighted by Gasteiger charge is 2.27. The van der Waals surface area contributed by atoms with Gasteiger partial charge in [0.15, 0.2) is 0 Å². The summed E-state index contributed by atoms with van der Waals surface area (Å²) in [4.78, 5) is 12.2. The number of rotatable bonds is 5. The van der Waals surface area contributed by atoms with Gasteiger partial charge in [-0.25, -0.2) is 9.97 Å². The van der Waals surface area contributed by atoms with Crippen LogP contribution in [0.2, 0.25) is 0 Å². The lowest BCUT2D eigenvalue weighted by Crippen LogP contribution is -2.43. The minimum atomic E-state index is -0.0634. The number of ether oxygens (including phenoxy) is 1. The number of aromatic nitrogens is 2. The monoisotopic (exact) mass is 360 g/mol. The second-order valence-corrected chi connectivity index (χ2v) is 9.00. The fourth-order valence-electron chi connectivity index (χ4n) is 4.21. The van der Waals surface area contributed by atoms with Crippen LogP contribution < -0.4 is 5.32 Å². The molecule has 1 aliphatic heterocycles. The highest BCUT2D eigenvalue weighted by Crippen LogP contribution is 2.28. The first-order chi connectivity index (χ1) is 12.5. The maximum atomic E-state index is 5.30. The molecule has 0 amide bonds. The van der Waals surface area contributed by atoms with Gasteiger partial charge < -0.3 is 15.0 Å². The van der Waals surface area contributed by atoms with E-state index in [2.05, 4.69) is 42.0 Å². The zero-order chi connectivity index (χ0) is 18.6. The number of methoxy groups -OCH3 is 1. The summed E-state index contributed by atoms with van der Waals surface area (Å²) in [6.07, 6.45) is 9.26. The average Bonchev–Trinajstić information content (AvgIpc) is 2.62. The predicted molar refractivity (Wildman–Crippen MR) is 107 cm³/mol. The molecule has 1 aromatic heterocycles. The summed E-state index contributed by atoms with van der Waals surface area (Å²) >= 11 is 0. The van der Waals surface area contributed by atoms with Gasteiger partial charge in [-0.3, -0.25) is 0 Å². The molecule has 0 unspecified atom stereocenters. The van der Waals surface area contributed by atoms with Crippen molar-refractivity contribution in [3.63, 3.8) is 0 Å². The molecule has 2 aliphatic rings. The van der Waals surface area contributed by atoms with Gasteiger partial charge in [0, 0.05) is 30.7 Å². The molecule has 5 heteroatoms. The molecule has 0 aromatic carbocycles. The van der Waals surface area contributed by atoms with E-state index in [0.29, 0.717) is 12.6 Å². The molecule has 1 saturated carbocycles. The molecule has 146 valence electrons. The number of hydrogen-bond donors (Lipinski definition) is 1. The molecule has 1 aliphatic carbocycles. The summed E-state index contributed by atoms with van der Waals surface area (Å²) in [6.45, 7) is 9.63. The summed E-state index contributed by atoms with van der Waals surface area (Å²) in [5.41, 5.74) is 0.892. The number of nitrogens with zero attached hydrogens (tertiary/aromatic N) is 3. The van der Waals surface area contributed by atoms with Crippen LogP contribution in [0.1, 0.15) is 77.2 Å². The Morgan fingerprint density at radius 1 is 1.08 bits per heavy atom. The molecular formula is C21H36N4O. The fraction of sp³-hybridized carbons (Fsp3) is 0.810. The van der Waals surface area contributed by atoms with Crippen molar-refractivity contribution in [2.24, 2.45) is 0 Å². The Morgan fingerprint density at radius 2 is 1.77 bits per heavy atom. The van der Waals surface area contributed by atoms with Gasteiger partial charge >= 0.3 is 0 Å². The van der Waals surface area contributed by atoms with Crippen LogP contribution in [-0.4, -0.2) is 47.2 Å². The smallest absolute Gasteiger partial charge is 0.136 e. The van der Waals surface area contributed by atoms with Crippen LogP contribution in [0.3, 0.4) is 0 Å². The molecule has 1 aromatic rings. The molecule has 5 nitrogen and oxygen atoms in total. The summed E-state index contributed by atoms with van der Waals surface area (Å²) < 4.78 is 5.30. The fourth-order valence-corrected chi connectivity index (χ4v) is 4.21. The lowest BCUT2D eigenvalue weighted by atomic mass is 9.89. The Labute approximate surface area is 158 Å². The van der Waals surface area contributed by atoms with Crippen molar-refractivity contribution in [1.29, 1.82) is 0 Å². The first-order valence-corrected chi connectivity index (χ1v) is 10.3. The van der Waals surface area contributed by atoms with Crippen molar-refractivity contribution in [1.82, 2.24) is 14.9 Å². The molecule has 1 N–H and O–H groups in total. The lowest BCUT2D eigenvalue weighted by molar-refractivity contribution is 0.127. The normalized spacial score (nSPS) is 25.2. The van der Waals surface area contributed by atoms with Crippen LogP contribution in [0.4, 0.5) is 5.82 Å². The van der Waals surface area contributed by atoms with Crippen LogP contribution in [0.25, 0.3) is 0 Å². The summed E-state index contributed by atoms with van der Waals surface area (Å²) in [6, 6.07) is 3.37. The average molecular weight is 361 g/mol. The third kappa shape index (κ3) is 5.17. The number of likely N-dealkylation sites (tertiary alicyclic amines) is 1. The number of anilines is 1. The molecule has 1 saturated heterocycles. The van der Waals surface area contributed by atoms with E-state index in [1.54, 1.807) is 7.11 Å². The summed E-state index contributed by atoms with van der Waals surface area (Å²) in [5.74, 6) is 1.84. The Kier molecular flexibility index (Phi) is 6.51. The molecule has 0 atom stereocenters. The standard InChI is InChI=1S/C21H36N4O/c1-21(2,3)20-23-17(15-26-4)14-19(24-20)22-16-8-10-18(11-9-16)25-12-6-5-7-13-25/h14,16,18H,5-13,15H2,1-4H3,(H,22,23,24). The third-order valence-corrected chi connectivity index (χ3v) is 5.70. The topological polar surface area (TPSA) is 50.3 Å². The minimum absolute atomic E-state index is 0.0634. The van der Waals surface area contributed by atoms with Gasteiger partial charge in [-0.15, -0.1) is 0 Å². The Bertz CT molecular complexity index is 570. The maximum absolute atomic E-state index is 5.30. The van der Waals surface area contributed by atoms with Crippen molar-refractivity contribution in [3.8, 4) is 0 Å². The molecule has 0 spiro atoms. The largest absolute Gasteiger partial charge is 0.378 e. The lowest BCUT2D eigenvalue weighted by Gasteiger charge is -2.39. The number of piperidine rings is 1. The van der Waals surface area contributed by atoms with Gasteiger partial charge in [0.25, 0.3) is 0 Å². The Hall–Kier alpha value is -1.20.